The maximum atomic E-state index is 4.50. The van der Waals surface area contributed by atoms with Gasteiger partial charge in [-0.05, 0) is 71.6 Å². The molecule has 0 spiro atoms. The van der Waals surface area contributed by atoms with Crippen LogP contribution in [0.25, 0.3) is 5.57 Å². The highest BCUT2D eigenvalue weighted by molar-refractivity contribution is 5.62. The van der Waals surface area contributed by atoms with E-state index in [9.17, 15) is 0 Å². The van der Waals surface area contributed by atoms with Gasteiger partial charge in [0.2, 0.25) is 0 Å². The van der Waals surface area contributed by atoms with Gasteiger partial charge in [0.25, 0.3) is 0 Å². The Morgan fingerprint density at radius 1 is 1.03 bits per heavy atom. The van der Waals surface area contributed by atoms with Crippen LogP contribution < -0.4 is 5.73 Å². The van der Waals surface area contributed by atoms with Crippen LogP contribution in [0.3, 0.4) is 0 Å². The summed E-state index contributed by atoms with van der Waals surface area (Å²) in [6.07, 6.45) is 25.2. The topological polar surface area (TPSA) is 26.0 Å². The van der Waals surface area contributed by atoms with Crippen molar-refractivity contribution in [3.8, 4) is 0 Å². The summed E-state index contributed by atoms with van der Waals surface area (Å²) in [5.41, 5.74) is 8.43. The lowest BCUT2D eigenvalue weighted by molar-refractivity contribution is 0.737. The molecule has 0 aromatic heterocycles. The van der Waals surface area contributed by atoms with Crippen molar-refractivity contribution in [2.75, 3.05) is 7.05 Å². The normalized spacial score (nSPS) is 14.7. The molecule has 2 rings (SSSR count). The third kappa shape index (κ3) is 25.4. The fourth-order valence-corrected chi connectivity index (χ4v) is 2.14. The molecule has 1 aliphatic carbocycles. The Balaban J connectivity index is -0.000000355. The zero-order valence-electron chi connectivity index (χ0n) is 22.0. The Morgan fingerprint density at radius 2 is 1.62 bits per heavy atom. The molecule has 32 heavy (non-hydrogen) atoms. The molecule has 0 radical (unpaired) electrons. The number of hydrogen-bond acceptors (Lipinski definition) is 1. The summed E-state index contributed by atoms with van der Waals surface area (Å²) < 4.78 is 0. The molecule has 178 valence electrons. The van der Waals surface area contributed by atoms with Crippen LogP contribution in [-0.4, -0.2) is 7.05 Å². The largest absolute Gasteiger partial charge is 0.333 e. The van der Waals surface area contributed by atoms with Gasteiger partial charge in [0.1, 0.15) is 0 Å². The summed E-state index contributed by atoms with van der Waals surface area (Å²) >= 11 is 0. The summed E-state index contributed by atoms with van der Waals surface area (Å²) in [6, 6.07) is 10.4. The molecule has 1 unspecified atom stereocenters. The fraction of sp³-hybridized carbons (Fsp3) is 0.355. The first-order valence-electron chi connectivity index (χ1n) is 11.6. The summed E-state index contributed by atoms with van der Waals surface area (Å²) in [4.78, 5) is 0. The van der Waals surface area contributed by atoms with Gasteiger partial charge in [0.15, 0.2) is 0 Å². The molecule has 0 fully saturated rings. The maximum Gasteiger partial charge on any atom is -0.0195 e. The molecule has 0 aliphatic heterocycles. The van der Waals surface area contributed by atoms with Crippen molar-refractivity contribution < 1.29 is 0 Å². The van der Waals surface area contributed by atoms with Crippen LogP contribution in [0.1, 0.15) is 66.9 Å². The van der Waals surface area contributed by atoms with Crippen molar-refractivity contribution in [2.24, 2.45) is 11.7 Å². The summed E-state index contributed by atoms with van der Waals surface area (Å²) in [5, 5.41) is 0. The Labute approximate surface area is 200 Å². The molecule has 0 saturated heterocycles. The number of nitrogens with two attached hydrogens (primary N) is 1. The van der Waals surface area contributed by atoms with Gasteiger partial charge < -0.3 is 5.73 Å². The van der Waals surface area contributed by atoms with Crippen LogP contribution in [-0.2, 0) is 0 Å². The second kappa shape index (κ2) is 28.4. The van der Waals surface area contributed by atoms with Gasteiger partial charge in [-0.1, -0.05) is 117 Å². The molecule has 1 aromatic rings. The highest BCUT2D eigenvalue weighted by Crippen LogP contribution is 2.11. The van der Waals surface area contributed by atoms with E-state index in [0.29, 0.717) is 0 Å². The smallest absolute Gasteiger partial charge is 0.0195 e. The van der Waals surface area contributed by atoms with Crippen LogP contribution in [0.5, 0.6) is 0 Å². The van der Waals surface area contributed by atoms with Crippen LogP contribution in [0.2, 0.25) is 0 Å². The first-order chi connectivity index (χ1) is 15.5. The fourth-order valence-electron chi connectivity index (χ4n) is 2.14. The molecular formula is C31H49N. The number of benzene rings is 1. The van der Waals surface area contributed by atoms with Gasteiger partial charge in [0, 0.05) is 0 Å². The molecule has 2 N–H and O–H groups in total. The average Bonchev–Trinajstić information content (AvgIpc) is 2.85. The van der Waals surface area contributed by atoms with Gasteiger partial charge in [-0.2, -0.15) is 0 Å². The standard InChI is InChI=1S/C10H12.C9H14.C7H10.C4H8.CH5N/c1-3-9(2)10-7-5-4-6-8-10;1-4-6-8-9(3)7-5-2;1-7-5-3-2-4-6-7;1-3-4-2;1-2/h3-8H,1-2H3;4-8H,1-3H3;2-5,7H,6H2,1H3;3H,1,4H2,2H3;2H2,1H3/b9-3+;6-4-,7-5-,9-8-;;;. The summed E-state index contributed by atoms with van der Waals surface area (Å²) in [6.45, 7) is 18.1. The molecule has 0 heterocycles. The molecule has 1 aromatic carbocycles. The van der Waals surface area contributed by atoms with Crippen LogP contribution in [0.4, 0.5) is 0 Å². The van der Waals surface area contributed by atoms with E-state index in [-0.39, 0.29) is 0 Å². The first-order valence-corrected chi connectivity index (χ1v) is 11.6. The number of rotatable bonds is 4. The van der Waals surface area contributed by atoms with Crippen LogP contribution in [0.15, 0.2) is 109 Å². The quantitative estimate of drug-likeness (QED) is 0.370. The summed E-state index contributed by atoms with van der Waals surface area (Å²) in [5.74, 6) is 0.769. The molecule has 1 atom stereocenters. The monoisotopic (exact) mass is 435 g/mol. The van der Waals surface area contributed by atoms with Crippen molar-refractivity contribution in [1.82, 2.24) is 0 Å². The SMILES string of the molecule is C/C=C(\C)c1ccccc1.C=CCC.CC1C=CC=CC1.CN.C\C=C/C=C(C)\C=C/C. The van der Waals surface area contributed by atoms with Crippen molar-refractivity contribution in [1.29, 1.82) is 0 Å². The molecular weight excluding hydrogens is 386 g/mol. The molecule has 1 heteroatoms. The first kappa shape index (κ1) is 34.0. The predicted molar refractivity (Wildman–Crippen MR) is 152 cm³/mol. The Kier molecular flexibility index (Phi) is 30.1. The van der Waals surface area contributed by atoms with Crippen LogP contribution in [0, 0.1) is 5.92 Å². The van der Waals surface area contributed by atoms with E-state index >= 15 is 0 Å². The van der Waals surface area contributed by atoms with Crippen molar-refractivity contribution in [2.45, 2.75) is 61.3 Å². The predicted octanol–water partition coefficient (Wildman–Crippen LogP) is 9.49. The lowest BCUT2D eigenvalue weighted by Crippen LogP contribution is -1.87. The highest BCUT2D eigenvalue weighted by Gasteiger charge is 1.93. The van der Waals surface area contributed by atoms with E-state index in [1.54, 1.807) is 0 Å². The minimum Gasteiger partial charge on any atom is -0.333 e. The van der Waals surface area contributed by atoms with Gasteiger partial charge in [0.05, 0.1) is 0 Å². The molecule has 0 saturated carbocycles. The Morgan fingerprint density at radius 3 is 1.97 bits per heavy atom. The molecule has 1 nitrogen and oxygen atoms in total. The van der Waals surface area contributed by atoms with Crippen molar-refractivity contribution in [3.05, 3.63) is 115 Å². The summed E-state index contributed by atoms with van der Waals surface area (Å²) in [7, 11) is 1.50. The maximum absolute atomic E-state index is 4.50. The van der Waals surface area contributed by atoms with E-state index in [1.807, 2.05) is 44.2 Å². The zero-order chi connectivity index (χ0) is 25.0. The van der Waals surface area contributed by atoms with Gasteiger partial charge in [-0.25, -0.2) is 0 Å². The third-order valence-electron chi connectivity index (χ3n) is 4.13. The van der Waals surface area contributed by atoms with Crippen molar-refractivity contribution in [3.63, 3.8) is 0 Å². The number of allylic oxidation sites excluding steroid dienone is 13. The average molecular weight is 436 g/mol. The lowest BCUT2D eigenvalue weighted by atomic mass is 10.0. The van der Waals surface area contributed by atoms with E-state index < -0.39 is 0 Å². The molecule has 0 amide bonds. The van der Waals surface area contributed by atoms with Gasteiger partial charge in [-0.3, -0.25) is 0 Å². The zero-order valence-corrected chi connectivity index (χ0v) is 22.0. The Hall–Kier alpha value is -2.64. The number of hydrogen-bond donors (Lipinski definition) is 1. The van der Waals surface area contributed by atoms with Gasteiger partial charge >= 0.3 is 0 Å². The van der Waals surface area contributed by atoms with E-state index in [2.05, 4.69) is 114 Å². The highest BCUT2D eigenvalue weighted by atomic mass is 14.4. The Bertz CT molecular complexity index is 697. The molecule has 1 aliphatic rings. The van der Waals surface area contributed by atoms with Crippen molar-refractivity contribution >= 4 is 5.57 Å². The lowest BCUT2D eigenvalue weighted by Gasteiger charge is -2.02. The van der Waals surface area contributed by atoms with Crippen LogP contribution >= 0.6 is 0 Å². The second-order valence-electron chi connectivity index (χ2n) is 7.00. The second-order valence-corrected chi connectivity index (χ2v) is 7.00. The van der Waals surface area contributed by atoms with Gasteiger partial charge in [-0.15, -0.1) is 6.58 Å². The molecule has 0 bridgehead atoms. The van der Waals surface area contributed by atoms with E-state index in [1.165, 1.54) is 30.2 Å². The van der Waals surface area contributed by atoms with E-state index in [0.717, 1.165) is 12.3 Å². The third-order valence-corrected chi connectivity index (χ3v) is 4.13. The van der Waals surface area contributed by atoms with E-state index in [4.69, 9.17) is 0 Å². The minimum atomic E-state index is 0.769. The minimum absolute atomic E-state index is 0.769.